The predicted octanol–water partition coefficient (Wildman–Crippen LogP) is 3.51. The van der Waals surface area contributed by atoms with Crippen molar-refractivity contribution in [2.24, 2.45) is 5.92 Å². The van der Waals surface area contributed by atoms with Crippen molar-refractivity contribution >= 4 is 23.5 Å². The summed E-state index contributed by atoms with van der Waals surface area (Å²) in [6.45, 7) is 0. The van der Waals surface area contributed by atoms with E-state index in [0.29, 0.717) is 12.0 Å². The maximum atomic E-state index is 13.6. The molecule has 0 saturated heterocycles. The quantitative estimate of drug-likeness (QED) is 0.834. The van der Waals surface area contributed by atoms with Crippen LogP contribution in [-0.2, 0) is 9.59 Å². The van der Waals surface area contributed by atoms with Crippen molar-refractivity contribution < 1.29 is 23.5 Å². The lowest BCUT2D eigenvalue weighted by molar-refractivity contribution is -0.137. The first-order chi connectivity index (χ1) is 11.5. The minimum Gasteiger partial charge on any atom is -0.481 e. The molecule has 0 unspecified atom stereocenters. The van der Waals surface area contributed by atoms with Gasteiger partial charge in [-0.1, -0.05) is 17.7 Å². The molecule has 5 nitrogen and oxygen atoms in total. The number of carbonyl (C=O) groups excluding carboxylic acids is 1. The molecule has 0 spiro atoms. The van der Waals surface area contributed by atoms with Gasteiger partial charge in [0, 0.05) is 11.8 Å². The van der Waals surface area contributed by atoms with Crippen LogP contribution in [0.2, 0.25) is 5.02 Å². The van der Waals surface area contributed by atoms with Gasteiger partial charge in [0.1, 0.15) is 11.6 Å². The maximum absolute atomic E-state index is 13.6. The molecule has 2 N–H and O–H groups in total. The Hall–Kier alpha value is -2.34. The molecule has 0 bridgehead atoms. The van der Waals surface area contributed by atoms with E-state index in [9.17, 15) is 14.0 Å². The minimum atomic E-state index is -1.09. The molecule has 0 radical (unpaired) electrons. The molecule has 1 heterocycles. The number of hydrogen-bond acceptors (Lipinski definition) is 3. The molecule has 7 heteroatoms. The third-order valence-corrected chi connectivity index (χ3v) is 4.38. The highest BCUT2D eigenvalue weighted by Gasteiger charge is 2.46. The zero-order chi connectivity index (χ0) is 17.3. The van der Waals surface area contributed by atoms with E-state index < -0.39 is 17.8 Å². The second-order valence-corrected chi connectivity index (χ2v) is 6.20. The lowest BCUT2D eigenvalue weighted by Gasteiger charge is -2.18. The number of furan rings is 1. The van der Waals surface area contributed by atoms with Crippen molar-refractivity contribution in [3.05, 3.63) is 58.8 Å². The van der Waals surface area contributed by atoms with Crippen LogP contribution in [0.5, 0.6) is 0 Å². The number of benzene rings is 1. The van der Waals surface area contributed by atoms with Gasteiger partial charge in [-0.2, -0.15) is 0 Å². The Labute approximate surface area is 142 Å². The van der Waals surface area contributed by atoms with Gasteiger partial charge < -0.3 is 14.8 Å². The highest BCUT2D eigenvalue weighted by molar-refractivity contribution is 6.30. The predicted molar refractivity (Wildman–Crippen MR) is 84.1 cm³/mol. The monoisotopic (exact) mass is 351 g/mol. The van der Waals surface area contributed by atoms with E-state index in [1.807, 2.05) is 0 Å². The van der Waals surface area contributed by atoms with E-state index in [4.69, 9.17) is 21.1 Å². The minimum absolute atomic E-state index is 0.00688. The summed E-state index contributed by atoms with van der Waals surface area (Å²) in [4.78, 5) is 23.4. The summed E-state index contributed by atoms with van der Waals surface area (Å²) < 4.78 is 18.9. The van der Waals surface area contributed by atoms with Crippen LogP contribution in [0.4, 0.5) is 4.39 Å². The Morgan fingerprint density at radius 3 is 2.83 bits per heavy atom. The van der Waals surface area contributed by atoms with E-state index in [-0.39, 0.29) is 29.2 Å². The van der Waals surface area contributed by atoms with Crippen LogP contribution < -0.4 is 5.32 Å². The second kappa shape index (κ2) is 6.65. The fourth-order valence-electron chi connectivity index (χ4n) is 2.74. The number of carbonyl (C=O) groups is 2. The van der Waals surface area contributed by atoms with Crippen LogP contribution in [0.25, 0.3) is 0 Å². The van der Waals surface area contributed by atoms with Gasteiger partial charge in [0.05, 0.1) is 23.7 Å². The van der Waals surface area contributed by atoms with Gasteiger partial charge >= 0.3 is 5.97 Å². The Kier molecular flexibility index (Phi) is 4.57. The number of carboxylic acids is 1. The van der Waals surface area contributed by atoms with Crippen LogP contribution in [-0.4, -0.2) is 17.0 Å². The average molecular weight is 352 g/mol. The highest BCUT2D eigenvalue weighted by atomic mass is 35.5. The summed E-state index contributed by atoms with van der Waals surface area (Å²) in [5.74, 6) is -1.52. The topological polar surface area (TPSA) is 79.5 Å². The van der Waals surface area contributed by atoms with E-state index in [1.54, 1.807) is 18.4 Å². The molecule has 1 aliphatic carbocycles. The number of rotatable bonds is 6. The van der Waals surface area contributed by atoms with E-state index in [0.717, 1.165) is 11.8 Å². The fourth-order valence-corrected chi connectivity index (χ4v) is 2.85. The van der Waals surface area contributed by atoms with Gasteiger partial charge in [-0.3, -0.25) is 9.59 Å². The number of hydrogen-bond donors (Lipinski definition) is 2. The zero-order valence-corrected chi connectivity index (χ0v) is 13.3. The molecular weight excluding hydrogens is 337 g/mol. The smallest absolute Gasteiger partial charge is 0.305 e. The number of aliphatic carboxylic acids is 1. The van der Waals surface area contributed by atoms with Crippen LogP contribution >= 0.6 is 11.6 Å². The van der Waals surface area contributed by atoms with Gasteiger partial charge in [0.15, 0.2) is 0 Å². The molecule has 0 aliphatic heterocycles. The molecule has 3 atom stereocenters. The number of halogens is 2. The molecule has 1 fully saturated rings. The Morgan fingerprint density at radius 2 is 2.21 bits per heavy atom. The Bertz CT molecular complexity index is 762. The van der Waals surface area contributed by atoms with Crippen LogP contribution in [0.15, 0.2) is 41.0 Å². The van der Waals surface area contributed by atoms with Crippen molar-refractivity contribution in [2.45, 2.75) is 24.8 Å². The summed E-state index contributed by atoms with van der Waals surface area (Å²) in [6, 6.07) is 6.74. The molecule has 2 aromatic rings. The SMILES string of the molecule is O=C(O)C[C@H](NC(=O)[C@H]1C[C@H]1c1ccco1)c1ccc(Cl)c(F)c1. The van der Waals surface area contributed by atoms with Crippen molar-refractivity contribution in [3.63, 3.8) is 0 Å². The van der Waals surface area contributed by atoms with Crippen molar-refractivity contribution in [2.75, 3.05) is 0 Å². The van der Waals surface area contributed by atoms with Crippen LogP contribution in [0, 0.1) is 11.7 Å². The first-order valence-electron chi connectivity index (χ1n) is 7.46. The third kappa shape index (κ3) is 3.59. The van der Waals surface area contributed by atoms with Gasteiger partial charge in [0.2, 0.25) is 5.91 Å². The molecule has 1 aliphatic rings. The summed E-state index contributed by atoms with van der Waals surface area (Å²) in [5, 5.41) is 11.7. The second-order valence-electron chi connectivity index (χ2n) is 5.80. The molecule has 1 saturated carbocycles. The fraction of sp³-hybridized carbons (Fsp3) is 0.294. The average Bonchev–Trinajstić information content (AvgIpc) is 3.15. The van der Waals surface area contributed by atoms with Crippen molar-refractivity contribution in [1.29, 1.82) is 0 Å². The first-order valence-corrected chi connectivity index (χ1v) is 7.84. The molecular formula is C17H15ClFNO4. The molecule has 1 aromatic heterocycles. The van der Waals surface area contributed by atoms with Crippen LogP contribution in [0.1, 0.15) is 36.1 Å². The van der Waals surface area contributed by atoms with Gasteiger partial charge in [-0.15, -0.1) is 0 Å². The number of amides is 1. The zero-order valence-electron chi connectivity index (χ0n) is 12.5. The van der Waals surface area contributed by atoms with Crippen molar-refractivity contribution in [1.82, 2.24) is 5.32 Å². The van der Waals surface area contributed by atoms with Gasteiger partial charge in [-0.25, -0.2) is 4.39 Å². The largest absolute Gasteiger partial charge is 0.481 e. The number of nitrogens with one attached hydrogen (secondary N) is 1. The normalized spacial score (nSPS) is 20.4. The van der Waals surface area contributed by atoms with Crippen molar-refractivity contribution in [3.8, 4) is 0 Å². The highest BCUT2D eigenvalue weighted by Crippen LogP contribution is 2.48. The molecule has 24 heavy (non-hydrogen) atoms. The lowest BCUT2D eigenvalue weighted by Crippen LogP contribution is -2.31. The Morgan fingerprint density at radius 1 is 1.42 bits per heavy atom. The molecule has 3 rings (SSSR count). The molecule has 1 amide bonds. The van der Waals surface area contributed by atoms with Crippen LogP contribution in [0.3, 0.4) is 0 Å². The van der Waals surface area contributed by atoms with Gasteiger partial charge in [-0.05, 0) is 36.2 Å². The summed E-state index contributed by atoms with van der Waals surface area (Å²) in [5.41, 5.74) is 0.364. The van der Waals surface area contributed by atoms with Gasteiger partial charge in [0.25, 0.3) is 0 Å². The molecule has 1 aromatic carbocycles. The summed E-state index contributed by atoms with van der Waals surface area (Å²) in [6.07, 6.45) is 1.85. The standard InChI is InChI=1S/C17H15ClFNO4/c18-12-4-3-9(6-13(12)19)14(8-16(21)22)20-17(23)11-7-10(11)15-2-1-5-24-15/h1-6,10-11,14H,7-8H2,(H,20,23)(H,21,22)/t10-,11+,14+/m1/s1. The maximum Gasteiger partial charge on any atom is 0.305 e. The summed E-state index contributed by atoms with van der Waals surface area (Å²) >= 11 is 5.64. The van der Waals surface area contributed by atoms with E-state index in [2.05, 4.69) is 5.32 Å². The van der Waals surface area contributed by atoms with E-state index in [1.165, 1.54) is 12.1 Å². The number of carboxylic acid groups (broad SMARTS) is 1. The summed E-state index contributed by atoms with van der Waals surface area (Å²) in [7, 11) is 0. The lowest BCUT2D eigenvalue weighted by atomic mass is 10.0. The van der Waals surface area contributed by atoms with E-state index >= 15 is 0 Å². The molecule has 126 valence electrons. The Balaban J connectivity index is 1.71. The first kappa shape index (κ1) is 16.5. The third-order valence-electron chi connectivity index (χ3n) is 4.08.